The van der Waals surface area contributed by atoms with Gasteiger partial charge in [0.15, 0.2) is 0 Å². The fourth-order valence-electron chi connectivity index (χ4n) is 3.45. The highest BCUT2D eigenvalue weighted by atomic mass is 35.5. The second-order valence-corrected chi connectivity index (χ2v) is 6.70. The summed E-state index contributed by atoms with van der Waals surface area (Å²) in [4.78, 5) is 2.25. The van der Waals surface area contributed by atoms with E-state index in [2.05, 4.69) is 19.0 Å². The predicted molar refractivity (Wildman–Crippen MR) is 85.3 cm³/mol. The Balaban J connectivity index is 2.13. The predicted octanol–water partition coefficient (Wildman–Crippen LogP) is 3.90. The van der Waals surface area contributed by atoms with Crippen molar-refractivity contribution >= 4 is 11.6 Å². The van der Waals surface area contributed by atoms with Gasteiger partial charge in [-0.15, -0.1) is 0 Å². The zero-order valence-electron chi connectivity index (χ0n) is 12.6. The minimum atomic E-state index is -0.322. The third kappa shape index (κ3) is 3.55. The maximum Gasteiger partial charge on any atom is 0.0763 e. The lowest BCUT2D eigenvalue weighted by molar-refractivity contribution is -0.0174. The maximum absolute atomic E-state index is 10.9. The van der Waals surface area contributed by atoms with Crippen LogP contribution in [0.5, 0.6) is 0 Å². The smallest absolute Gasteiger partial charge is 0.0763 e. The Bertz CT molecular complexity index is 408. The van der Waals surface area contributed by atoms with Gasteiger partial charge in [0.1, 0.15) is 0 Å². The number of hydrogen-bond donors (Lipinski definition) is 1. The van der Waals surface area contributed by atoms with Crippen LogP contribution in [-0.4, -0.2) is 35.7 Å². The van der Waals surface area contributed by atoms with E-state index in [0.717, 1.165) is 23.4 Å². The summed E-state index contributed by atoms with van der Waals surface area (Å²) in [6.45, 7) is 0. The number of aliphatic hydroxyl groups excluding tert-OH is 1. The molecule has 2 rings (SSSR count). The molecule has 0 aliphatic heterocycles. The number of aliphatic hydroxyl groups is 1. The van der Waals surface area contributed by atoms with Crippen LogP contribution in [0.1, 0.15) is 44.1 Å². The number of likely N-dealkylation sites (N-methyl/N-ethyl adjacent to an activating group) is 1. The highest BCUT2D eigenvalue weighted by Gasteiger charge is 2.39. The van der Waals surface area contributed by atoms with Crippen LogP contribution in [0.4, 0.5) is 0 Å². The van der Waals surface area contributed by atoms with Gasteiger partial charge in [-0.25, -0.2) is 0 Å². The quantitative estimate of drug-likeness (QED) is 0.852. The standard InChI is InChI=1S/C17H26ClNO/c1-19(2)17(11-5-3-4-6-12-17)16(20)13-14-7-9-15(18)10-8-14/h7-10,16,20H,3-6,11-13H2,1-2H3. The molecule has 0 radical (unpaired) electrons. The molecular weight excluding hydrogens is 270 g/mol. The molecule has 1 aromatic carbocycles. The molecule has 3 heteroatoms. The van der Waals surface area contributed by atoms with Crippen molar-refractivity contribution in [1.29, 1.82) is 0 Å². The van der Waals surface area contributed by atoms with Crippen LogP contribution in [-0.2, 0) is 6.42 Å². The first-order chi connectivity index (χ1) is 9.54. The second kappa shape index (κ2) is 6.93. The molecule has 1 atom stereocenters. The van der Waals surface area contributed by atoms with Gasteiger partial charge in [0.25, 0.3) is 0 Å². The van der Waals surface area contributed by atoms with Crippen LogP contribution < -0.4 is 0 Å². The normalized spacial score (nSPS) is 20.6. The van der Waals surface area contributed by atoms with Crippen LogP contribution in [0.3, 0.4) is 0 Å². The van der Waals surface area contributed by atoms with Gasteiger partial charge in [0, 0.05) is 17.0 Å². The van der Waals surface area contributed by atoms with Gasteiger partial charge in [-0.05, 0) is 44.6 Å². The molecule has 0 heterocycles. The summed E-state index contributed by atoms with van der Waals surface area (Å²) in [7, 11) is 4.22. The van der Waals surface area contributed by atoms with Crippen LogP contribution in [0, 0.1) is 0 Å². The lowest BCUT2D eigenvalue weighted by Crippen LogP contribution is -2.54. The minimum absolute atomic E-state index is 0.0733. The van der Waals surface area contributed by atoms with Crippen molar-refractivity contribution < 1.29 is 5.11 Å². The number of halogens is 1. The SMILES string of the molecule is CN(C)C1(C(O)Cc2ccc(Cl)cc2)CCCCCC1. The summed E-state index contributed by atoms with van der Waals surface area (Å²) in [5.74, 6) is 0. The zero-order valence-corrected chi connectivity index (χ0v) is 13.4. The monoisotopic (exact) mass is 295 g/mol. The molecule has 1 aliphatic carbocycles. The summed E-state index contributed by atoms with van der Waals surface area (Å²) in [6, 6.07) is 7.84. The van der Waals surface area contributed by atoms with Crippen LogP contribution in [0.15, 0.2) is 24.3 Å². The molecule has 0 bridgehead atoms. The fourth-order valence-corrected chi connectivity index (χ4v) is 3.58. The van der Waals surface area contributed by atoms with E-state index >= 15 is 0 Å². The van der Waals surface area contributed by atoms with Crippen molar-refractivity contribution in [2.75, 3.05) is 14.1 Å². The highest BCUT2D eigenvalue weighted by Crippen LogP contribution is 2.35. The molecule has 1 aliphatic rings. The third-order valence-electron chi connectivity index (χ3n) is 4.82. The van der Waals surface area contributed by atoms with Crippen molar-refractivity contribution in [2.24, 2.45) is 0 Å². The molecular formula is C17H26ClNO. The third-order valence-corrected chi connectivity index (χ3v) is 5.07. The molecule has 0 aromatic heterocycles. The van der Waals surface area contributed by atoms with Crippen LogP contribution in [0.25, 0.3) is 0 Å². The van der Waals surface area contributed by atoms with Gasteiger partial charge in [-0.2, -0.15) is 0 Å². The van der Waals surface area contributed by atoms with E-state index in [9.17, 15) is 5.11 Å². The van der Waals surface area contributed by atoms with Crippen molar-refractivity contribution in [1.82, 2.24) is 4.90 Å². The van der Waals surface area contributed by atoms with E-state index in [0.29, 0.717) is 6.42 Å². The first kappa shape index (κ1) is 15.8. The molecule has 2 nitrogen and oxygen atoms in total. The van der Waals surface area contributed by atoms with E-state index in [1.165, 1.54) is 25.7 Å². The van der Waals surface area contributed by atoms with Gasteiger partial charge >= 0.3 is 0 Å². The Morgan fingerprint density at radius 3 is 2.15 bits per heavy atom. The van der Waals surface area contributed by atoms with Crippen molar-refractivity contribution in [3.8, 4) is 0 Å². The van der Waals surface area contributed by atoms with Crippen molar-refractivity contribution in [2.45, 2.75) is 56.6 Å². The van der Waals surface area contributed by atoms with Gasteiger partial charge in [0.05, 0.1) is 6.10 Å². The van der Waals surface area contributed by atoms with Gasteiger partial charge < -0.3 is 10.0 Å². The van der Waals surface area contributed by atoms with E-state index < -0.39 is 0 Å². The Kier molecular flexibility index (Phi) is 5.48. The molecule has 1 unspecified atom stereocenters. The van der Waals surface area contributed by atoms with E-state index in [-0.39, 0.29) is 11.6 Å². The molecule has 1 fully saturated rings. The molecule has 1 aromatic rings. The first-order valence-corrected chi connectivity index (χ1v) is 8.02. The fraction of sp³-hybridized carbons (Fsp3) is 0.647. The molecule has 0 amide bonds. The molecule has 1 saturated carbocycles. The topological polar surface area (TPSA) is 23.5 Å². The molecule has 1 N–H and O–H groups in total. The summed E-state index contributed by atoms with van der Waals surface area (Å²) < 4.78 is 0. The largest absolute Gasteiger partial charge is 0.391 e. The van der Waals surface area contributed by atoms with E-state index in [4.69, 9.17) is 11.6 Å². The number of benzene rings is 1. The Morgan fingerprint density at radius 2 is 1.65 bits per heavy atom. The molecule has 20 heavy (non-hydrogen) atoms. The van der Waals surface area contributed by atoms with Gasteiger partial charge in [-0.1, -0.05) is 49.4 Å². The number of hydrogen-bond acceptors (Lipinski definition) is 2. The molecule has 0 saturated heterocycles. The zero-order chi connectivity index (χ0) is 14.6. The first-order valence-electron chi connectivity index (χ1n) is 7.64. The van der Waals surface area contributed by atoms with Gasteiger partial charge in [0.2, 0.25) is 0 Å². The lowest BCUT2D eigenvalue weighted by Gasteiger charge is -2.43. The van der Waals surface area contributed by atoms with Crippen molar-refractivity contribution in [3.05, 3.63) is 34.9 Å². The average Bonchev–Trinajstić information content (AvgIpc) is 2.68. The highest BCUT2D eigenvalue weighted by molar-refractivity contribution is 6.30. The van der Waals surface area contributed by atoms with Gasteiger partial charge in [-0.3, -0.25) is 0 Å². The van der Waals surface area contributed by atoms with Crippen LogP contribution >= 0.6 is 11.6 Å². The number of rotatable bonds is 4. The average molecular weight is 296 g/mol. The summed E-state index contributed by atoms with van der Waals surface area (Å²) in [6.07, 6.45) is 7.59. The molecule has 112 valence electrons. The number of nitrogens with zero attached hydrogens (tertiary/aromatic N) is 1. The van der Waals surface area contributed by atoms with Crippen LogP contribution in [0.2, 0.25) is 5.02 Å². The summed E-state index contributed by atoms with van der Waals surface area (Å²) >= 11 is 5.93. The lowest BCUT2D eigenvalue weighted by atomic mass is 9.80. The maximum atomic E-state index is 10.9. The molecule has 0 spiro atoms. The minimum Gasteiger partial charge on any atom is -0.391 e. The summed E-state index contributed by atoms with van der Waals surface area (Å²) in [5.41, 5.74) is 1.09. The Hall–Kier alpha value is -0.570. The van der Waals surface area contributed by atoms with Crippen molar-refractivity contribution in [3.63, 3.8) is 0 Å². The van der Waals surface area contributed by atoms with E-state index in [1.807, 2.05) is 24.3 Å². The summed E-state index contributed by atoms with van der Waals surface area (Å²) in [5, 5.41) is 11.6. The Labute approximate surface area is 127 Å². The Morgan fingerprint density at radius 1 is 1.10 bits per heavy atom. The van der Waals surface area contributed by atoms with E-state index in [1.54, 1.807) is 0 Å². The second-order valence-electron chi connectivity index (χ2n) is 6.26.